The molecular weight excluding hydrogens is 330 g/mol. The minimum Gasteiger partial charge on any atom is -0.496 e. The maximum atomic E-state index is 5.69. The van der Waals surface area contributed by atoms with Gasteiger partial charge >= 0.3 is 0 Å². The average Bonchev–Trinajstić information content (AvgIpc) is 2.86. The van der Waals surface area contributed by atoms with Gasteiger partial charge in [0.15, 0.2) is 0 Å². The molecule has 0 bridgehead atoms. The van der Waals surface area contributed by atoms with Gasteiger partial charge in [0.1, 0.15) is 11.5 Å². The molecule has 0 saturated carbocycles. The molecule has 0 radical (unpaired) electrons. The van der Waals surface area contributed by atoms with Crippen LogP contribution in [0.4, 0.5) is 0 Å². The largest absolute Gasteiger partial charge is 0.496 e. The predicted octanol–water partition coefficient (Wildman–Crippen LogP) is 4.67. The van der Waals surface area contributed by atoms with Gasteiger partial charge in [0, 0.05) is 15.6 Å². The van der Waals surface area contributed by atoms with E-state index in [4.69, 9.17) is 9.15 Å². The van der Waals surface area contributed by atoms with Gasteiger partial charge in [-0.2, -0.15) is 0 Å². The lowest BCUT2D eigenvalue weighted by molar-refractivity contribution is 0.400. The van der Waals surface area contributed by atoms with Gasteiger partial charge in [-0.1, -0.05) is 22.9 Å². The number of furan rings is 1. The van der Waals surface area contributed by atoms with Crippen LogP contribution in [0, 0.1) is 20.8 Å². The van der Waals surface area contributed by atoms with Crippen molar-refractivity contribution in [2.75, 3.05) is 13.7 Å². The first-order chi connectivity index (χ1) is 10.0. The predicted molar refractivity (Wildman–Crippen MR) is 89.1 cm³/mol. The van der Waals surface area contributed by atoms with E-state index in [1.165, 1.54) is 5.56 Å². The molecule has 0 aliphatic carbocycles. The molecule has 4 heteroatoms. The molecule has 3 nitrogen and oxygen atoms in total. The summed E-state index contributed by atoms with van der Waals surface area (Å²) in [6.07, 6.45) is 1.74. The second-order valence-electron chi connectivity index (χ2n) is 5.17. The van der Waals surface area contributed by atoms with Crippen LogP contribution in [0.5, 0.6) is 5.75 Å². The van der Waals surface area contributed by atoms with Crippen LogP contribution < -0.4 is 10.1 Å². The molecule has 1 aromatic carbocycles. The van der Waals surface area contributed by atoms with E-state index < -0.39 is 0 Å². The zero-order chi connectivity index (χ0) is 15.6. The smallest absolute Gasteiger partial charge is 0.127 e. The number of benzene rings is 1. The van der Waals surface area contributed by atoms with E-state index in [9.17, 15) is 0 Å². The van der Waals surface area contributed by atoms with Crippen molar-refractivity contribution < 1.29 is 9.15 Å². The molecule has 0 aliphatic rings. The highest BCUT2D eigenvalue weighted by molar-refractivity contribution is 9.10. The highest BCUT2D eigenvalue weighted by atomic mass is 79.9. The van der Waals surface area contributed by atoms with Gasteiger partial charge in [0.2, 0.25) is 0 Å². The molecule has 0 aliphatic heterocycles. The molecule has 0 spiro atoms. The Morgan fingerprint density at radius 3 is 2.57 bits per heavy atom. The first kappa shape index (κ1) is 16.1. The molecule has 21 heavy (non-hydrogen) atoms. The van der Waals surface area contributed by atoms with Crippen molar-refractivity contribution in [3.8, 4) is 5.75 Å². The SMILES string of the molecule is CCNC(c1ccoc1C)c1c(C)c(Br)cc(C)c1OC. The van der Waals surface area contributed by atoms with E-state index in [1.54, 1.807) is 13.4 Å². The lowest BCUT2D eigenvalue weighted by atomic mass is 9.92. The van der Waals surface area contributed by atoms with Crippen molar-refractivity contribution in [1.82, 2.24) is 5.32 Å². The molecular formula is C17H22BrNO2. The standard InChI is InChI=1S/C17H22BrNO2/c1-6-19-16(13-7-8-21-12(13)4)15-11(3)14(18)9-10(2)17(15)20-5/h7-9,16,19H,6H2,1-5H3. The van der Waals surface area contributed by atoms with Gasteiger partial charge in [-0.15, -0.1) is 0 Å². The van der Waals surface area contributed by atoms with E-state index in [2.05, 4.69) is 48.1 Å². The zero-order valence-corrected chi connectivity index (χ0v) is 14.8. The Labute approximate surface area is 134 Å². The number of ether oxygens (including phenoxy) is 1. The number of aryl methyl sites for hydroxylation is 2. The summed E-state index contributed by atoms with van der Waals surface area (Å²) < 4.78 is 12.3. The number of halogens is 1. The number of nitrogens with one attached hydrogen (secondary N) is 1. The molecule has 1 atom stereocenters. The topological polar surface area (TPSA) is 34.4 Å². The van der Waals surface area contributed by atoms with Gasteiger partial charge in [-0.3, -0.25) is 0 Å². The number of methoxy groups -OCH3 is 1. The van der Waals surface area contributed by atoms with Crippen molar-refractivity contribution in [3.63, 3.8) is 0 Å². The second-order valence-corrected chi connectivity index (χ2v) is 6.02. The third kappa shape index (κ3) is 3.01. The molecule has 1 unspecified atom stereocenters. The zero-order valence-electron chi connectivity index (χ0n) is 13.2. The fourth-order valence-electron chi connectivity index (χ4n) is 2.76. The van der Waals surface area contributed by atoms with Gasteiger partial charge in [0.25, 0.3) is 0 Å². The van der Waals surface area contributed by atoms with Crippen molar-refractivity contribution in [2.24, 2.45) is 0 Å². The molecule has 114 valence electrons. The van der Waals surface area contributed by atoms with E-state index in [1.807, 2.05) is 13.0 Å². The average molecular weight is 352 g/mol. The summed E-state index contributed by atoms with van der Waals surface area (Å²) in [4.78, 5) is 0. The summed E-state index contributed by atoms with van der Waals surface area (Å²) in [7, 11) is 1.73. The highest BCUT2D eigenvalue weighted by Gasteiger charge is 2.25. The number of rotatable bonds is 5. The maximum Gasteiger partial charge on any atom is 0.127 e. The third-order valence-electron chi connectivity index (χ3n) is 3.82. The minimum absolute atomic E-state index is 0.0555. The van der Waals surface area contributed by atoms with Crippen LogP contribution in [0.25, 0.3) is 0 Å². The summed E-state index contributed by atoms with van der Waals surface area (Å²) in [6.45, 7) is 9.14. The van der Waals surface area contributed by atoms with Gasteiger partial charge < -0.3 is 14.5 Å². The summed E-state index contributed by atoms with van der Waals surface area (Å²) in [5.74, 6) is 1.86. The van der Waals surface area contributed by atoms with Crippen molar-refractivity contribution in [2.45, 2.75) is 33.7 Å². The summed E-state index contributed by atoms with van der Waals surface area (Å²) in [5, 5.41) is 3.55. The minimum atomic E-state index is 0.0555. The summed E-state index contributed by atoms with van der Waals surface area (Å²) in [5.41, 5.74) is 4.62. The first-order valence-corrected chi connectivity index (χ1v) is 7.91. The lowest BCUT2D eigenvalue weighted by Crippen LogP contribution is -2.24. The number of hydrogen-bond acceptors (Lipinski definition) is 3. The van der Waals surface area contributed by atoms with Crippen LogP contribution in [0.2, 0.25) is 0 Å². The third-order valence-corrected chi connectivity index (χ3v) is 4.64. The van der Waals surface area contributed by atoms with Crippen molar-refractivity contribution in [1.29, 1.82) is 0 Å². The van der Waals surface area contributed by atoms with E-state index in [0.29, 0.717) is 0 Å². The van der Waals surface area contributed by atoms with E-state index in [0.717, 1.165) is 39.2 Å². The molecule has 0 fully saturated rings. The Morgan fingerprint density at radius 1 is 1.33 bits per heavy atom. The van der Waals surface area contributed by atoms with Crippen LogP contribution in [-0.2, 0) is 0 Å². The van der Waals surface area contributed by atoms with Crippen LogP contribution in [0.15, 0.2) is 27.3 Å². The second kappa shape index (κ2) is 6.67. The highest BCUT2D eigenvalue weighted by Crippen LogP contribution is 2.39. The molecule has 1 heterocycles. The molecule has 0 saturated heterocycles. The Bertz CT molecular complexity index is 634. The fraction of sp³-hybridized carbons (Fsp3) is 0.412. The molecule has 1 N–H and O–H groups in total. The summed E-state index contributed by atoms with van der Waals surface area (Å²) >= 11 is 3.65. The van der Waals surface area contributed by atoms with Crippen LogP contribution in [0.3, 0.4) is 0 Å². The molecule has 1 aromatic heterocycles. The Hall–Kier alpha value is -1.26. The fourth-order valence-corrected chi connectivity index (χ4v) is 3.32. The number of hydrogen-bond donors (Lipinski definition) is 1. The van der Waals surface area contributed by atoms with Crippen molar-refractivity contribution >= 4 is 15.9 Å². The van der Waals surface area contributed by atoms with Gasteiger partial charge in [-0.25, -0.2) is 0 Å². The molecule has 0 amide bonds. The van der Waals surface area contributed by atoms with Crippen molar-refractivity contribution in [3.05, 3.63) is 50.9 Å². The molecule has 2 rings (SSSR count). The van der Waals surface area contributed by atoms with Gasteiger partial charge in [-0.05, 0) is 50.6 Å². The Balaban J connectivity index is 2.68. The lowest BCUT2D eigenvalue weighted by Gasteiger charge is -2.24. The van der Waals surface area contributed by atoms with Gasteiger partial charge in [0.05, 0.1) is 19.4 Å². The molecule has 2 aromatic rings. The van der Waals surface area contributed by atoms with Crippen LogP contribution >= 0.6 is 15.9 Å². The Morgan fingerprint density at radius 2 is 2.05 bits per heavy atom. The van der Waals surface area contributed by atoms with E-state index in [-0.39, 0.29) is 6.04 Å². The summed E-state index contributed by atoms with van der Waals surface area (Å²) in [6, 6.07) is 4.18. The Kier molecular flexibility index (Phi) is 5.12. The monoisotopic (exact) mass is 351 g/mol. The first-order valence-electron chi connectivity index (χ1n) is 7.12. The normalized spacial score (nSPS) is 12.5. The van der Waals surface area contributed by atoms with E-state index >= 15 is 0 Å². The van der Waals surface area contributed by atoms with Crippen LogP contribution in [-0.4, -0.2) is 13.7 Å². The quantitative estimate of drug-likeness (QED) is 0.849. The maximum absolute atomic E-state index is 5.69. The van der Waals surface area contributed by atoms with Crippen LogP contribution in [0.1, 0.15) is 41.0 Å².